The molecule has 0 spiro atoms. The minimum atomic E-state index is -0.979. The van der Waals surface area contributed by atoms with Crippen molar-refractivity contribution in [2.24, 2.45) is 7.05 Å². The molecule has 5 heterocycles. The van der Waals surface area contributed by atoms with Gasteiger partial charge >= 0.3 is 0 Å². The molecule has 0 radical (unpaired) electrons. The number of fused-ring (bicyclic) bond motifs is 1. The van der Waals surface area contributed by atoms with E-state index in [2.05, 4.69) is 34.3 Å². The fraction of sp³-hybridized carbons (Fsp3) is 0.333. The van der Waals surface area contributed by atoms with Crippen LogP contribution < -0.4 is 14.8 Å². The largest absolute Gasteiger partial charge is 0.480 e. The van der Waals surface area contributed by atoms with Crippen LogP contribution in [-0.4, -0.2) is 50.3 Å². The first-order chi connectivity index (χ1) is 16.4. The minimum Gasteiger partial charge on any atom is -0.480 e. The van der Waals surface area contributed by atoms with Gasteiger partial charge in [0.25, 0.3) is 0 Å². The van der Waals surface area contributed by atoms with Crippen molar-refractivity contribution in [2.45, 2.75) is 26.1 Å². The maximum absolute atomic E-state index is 6.68. The van der Waals surface area contributed by atoms with Gasteiger partial charge < -0.3 is 14.8 Å². The lowest BCUT2D eigenvalue weighted by molar-refractivity contribution is 0.0640. The molecule has 1 aliphatic rings. The van der Waals surface area contributed by atoms with E-state index in [0.717, 1.165) is 39.5 Å². The first-order valence-corrected chi connectivity index (χ1v) is 11.8. The molecule has 0 fully saturated rings. The van der Waals surface area contributed by atoms with Crippen molar-refractivity contribution in [3.63, 3.8) is 0 Å². The second kappa shape index (κ2) is 8.69. The van der Waals surface area contributed by atoms with E-state index in [-0.39, 0.29) is 0 Å². The number of aryl methyl sites for hydroxylation is 3. The molecule has 4 aromatic heterocycles. The molecule has 0 saturated carbocycles. The molecular weight excluding hydrogens is 450 g/mol. The number of rotatable bonds is 5. The van der Waals surface area contributed by atoms with Crippen LogP contribution >= 0.6 is 11.3 Å². The number of anilines is 1. The molecule has 0 aliphatic carbocycles. The maximum Gasteiger partial charge on any atom is 0.248 e. The second-order valence-corrected chi connectivity index (χ2v) is 9.45. The minimum absolute atomic E-state index is 0.500. The van der Waals surface area contributed by atoms with E-state index in [4.69, 9.17) is 19.4 Å². The summed E-state index contributed by atoms with van der Waals surface area (Å²) in [4.78, 5) is 16.3. The predicted molar refractivity (Wildman–Crippen MR) is 131 cm³/mol. The molecule has 1 unspecified atom stereocenters. The highest BCUT2D eigenvalue weighted by Gasteiger charge is 2.43. The van der Waals surface area contributed by atoms with E-state index in [1.807, 2.05) is 43.7 Å². The van der Waals surface area contributed by atoms with Crippen LogP contribution in [0.1, 0.15) is 21.8 Å². The highest BCUT2D eigenvalue weighted by Crippen LogP contribution is 2.38. The average Bonchev–Trinajstić information content (AvgIpc) is 3.41. The molecule has 0 saturated heterocycles. The quantitative estimate of drug-likeness (QED) is 0.465. The SMILES string of the molecule is COc1nc(NC2(c3nc(C)cs3)CN(C)Cc3c(C)ccnc3O2)ccc1-c1cnn(C)c1. The maximum atomic E-state index is 6.68. The van der Waals surface area contributed by atoms with Gasteiger partial charge in [-0.25, -0.2) is 9.97 Å². The van der Waals surface area contributed by atoms with Gasteiger partial charge in [0.2, 0.25) is 17.5 Å². The lowest BCUT2D eigenvalue weighted by Gasteiger charge is -2.34. The molecule has 1 aliphatic heterocycles. The Labute approximate surface area is 202 Å². The topological polar surface area (TPSA) is 90.2 Å². The van der Waals surface area contributed by atoms with Crippen LogP contribution in [0.5, 0.6) is 11.8 Å². The summed E-state index contributed by atoms with van der Waals surface area (Å²) in [5.41, 5.74) is 3.97. The molecule has 34 heavy (non-hydrogen) atoms. The molecule has 176 valence electrons. The van der Waals surface area contributed by atoms with Crippen LogP contribution in [0.25, 0.3) is 11.1 Å². The molecule has 1 N–H and O–H groups in total. The Kier molecular flexibility index (Phi) is 5.70. The predicted octanol–water partition coefficient (Wildman–Crippen LogP) is 3.75. The van der Waals surface area contributed by atoms with Crippen molar-refractivity contribution < 1.29 is 9.47 Å². The van der Waals surface area contributed by atoms with Gasteiger partial charge in [0.05, 0.1) is 19.9 Å². The van der Waals surface area contributed by atoms with Crippen LogP contribution in [0.4, 0.5) is 5.82 Å². The first-order valence-electron chi connectivity index (χ1n) is 10.9. The summed E-state index contributed by atoms with van der Waals surface area (Å²) in [6.07, 6.45) is 5.50. The smallest absolute Gasteiger partial charge is 0.248 e. The van der Waals surface area contributed by atoms with Gasteiger partial charge in [-0.2, -0.15) is 10.1 Å². The molecular formula is C24H27N7O2S. The lowest BCUT2D eigenvalue weighted by Crippen LogP contribution is -2.48. The Bertz CT molecular complexity index is 1330. The van der Waals surface area contributed by atoms with Crippen molar-refractivity contribution in [3.05, 3.63) is 64.0 Å². The van der Waals surface area contributed by atoms with Gasteiger partial charge in [-0.15, -0.1) is 11.3 Å². The average molecular weight is 478 g/mol. The molecule has 5 rings (SSSR count). The monoisotopic (exact) mass is 477 g/mol. The number of aromatic nitrogens is 5. The first kappa shape index (κ1) is 22.3. The van der Waals surface area contributed by atoms with E-state index in [1.54, 1.807) is 35.5 Å². The zero-order valence-corrected chi connectivity index (χ0v) is 20.7. The highest BCUT2D eigenvalue weighted by molar-refractivity contribution is 7.09. The van der Waals surface area contributed by atoms with Crippen molar-refractivity contribution in [3.8, 4) is 22.9 Å². The number of likely N-dealkylation sites (N-methyl/N-ethyl adjacent to an activating group) is 1. The second-order valence-electron chi connectivity index (χ2n) is 8.59. The summed E-state index contributed by atoms with van der Waals surface area (Å²) >= 11 is 1.55. The lowest BCUT2D eigenvalue weighted by atomic mass is 10.1. The molecule has 0 aromatic carbocycles. The molecule has 4 aromatic rings. The number of pyridine rings is 2. The zero-order chi connectivity index (χ0) is 23.9. The van der Waals surface area contributed by atoms with E-state index in [1.165, 1.54) is 0 Å². The van der Waals surface area contributed by atoms with E-state index in [9.17, 15) is 0 Å². The summed E-state index contributed by atoms with van der Waals surface area (Å²) in [6, 6.07) is 5.90. The highest BCUT2D eigenvalue weighted by atomic mass is 32.1. The Morgan fingerprint density at radius 1 is 1.18 bits per heavy atom. The molecule has 10 heteroatoms. The summed E-state index contributed by atoms with van der Waals surface area (Å²) in [7, 11) is 5.57. The van der Waals surface area contributed by atoms with Gasteiger partial charge in [-0.05, 0) is 44.7 Å². The third kappa shape index (κ3) is 4.10. The molecule has 0 amide bonds. The Morgan fingerprint density at radius 2 is 2.03 bits per heavy atom. The molecule has 9 nitrogen and oxygen atoms in total. The third-order valence-electron chi connectivity index (χ3n) is 5.81. The van der Waals surface area contributed by atoms with Crippen LogP contribution in [0.3, 0.4) is 0 Å². The van der Waals surface area contributed by atoms with Crippen LogP contribution in [0.15, 0.2) is 42.2 Å². The van der Waals surface area contributed by atoms with Crippen molar-refractivity contribution >= 4 is 17.2 Å². The van der Waals surface area contributed by atoms with Gasteiger partial charge in [-0.1, -0.05) is 0 Å². The van der Waals surface area contributed by atoms with Crippen molar-refractivity contribution in [1.29, 1.82) is 0 Å². The van der Waals surface area contributed by atoms with Gasteiger partial charge in [0, 0.05) is 53.8 Å². The Balaban J connectivity index is 1.59. The number of methoxy groups -OCH3 is 1. The fourth-order valence-corrected chi connectivity index (χ4v) is 5.05. The number of hydrogen-bond acceptors (Lipinski definition) is 9. The summed E-state index contributed by atoms with van der Waals surface area (Å²) in [5, 5.41) is 10.6. The van der Waals surface area contributed by atoms with Gasteiger partial charge in [-0.3, -0.25) is 9.58 Å². The Hall–Kier alpha value is -3.50. The van der Waals surface area contributed by atoms with Gasteiger partial charge in [0.15, 0.2) is 5.01 Å². The normalized spacial score (nSPS) is 18.1. The summed E-state index contributed by atoms with van der Waals surface area (Å²) in [6.45, 7) is 5.33. The number of hydrogen-bond donors (Lipinski definition) is 1. The van der Waals surface area contributed by atoms with Crippen LogP contribution in [0, 0.1) is 13.8 Å². The number of ether oxygens (including phenoxy) is 2. The van der Waals surface area contributed by atoms with E-state index in [0.29, 0.717) is 24.1 Å². The number of thiazole rings is 1. The van der Waals surface area contributed by atoms with Crippen LogP contribution in [0.2, 0.25) is 0 Å². The summed E-state index contributed by atoms with van der Waals surface area (Å²) < 4.78 is 14.1. The van der Waals surface area contributed by atoms with E-state index < -0.39 is 5.72 Å². The fourth-order valence-electron chi connectivity index (χ4n) is 4.17. The standard InChI is InChI=1S/C24H27N7O2S/c1-15-8-9-25-21-19(15)12-30(3)14-24(33-21,23-27-16(2)13-34-23)29-20-7-6-18(22(28-20)32-5)17-10-26-31(4)11-17/h6-11,13H,12,14H2,1-5H3,(H,28,29). The number of nitrogens with one attached hydrogen (secondary N) is 1. The van der Waals surface area contributed by atoms with Crippen molar-refractivity contribution in [1.82, 2.24) is 29.6 Å². The summed E-state index contributed by atoms with van der Waals surface area (Å²) in [5.74, 6) is 1.71. The number of nitrogens with zero attached hydrogens (tertiary/aromatic N) is 6. The van der Waals surface area contributed by atoms with Crippen molar-refractivity contribution in [2.75, 3.05) is 26.0 Å². The van der Waals surface area contributed by atoms with E-state index >= 15 is 0 Å². The Morgan fingerprint density at radius 3 is 2.74 bits per heavy atom. The molecule has 1 atom stereocenters. The van der Waals surface area contributed by atoms with Gasteiger partial charge in [0.1, 0.15) is 5.82 Å². The van der Waals surface area contributed by atoms with Crippen LogP contribution in [-0.2, 0) is 19.3 Å². The third-order valence-corrected chi connectivity index (χ3v) is 6.91. The molecule has 0 bridgehead atoms. The zero-order valence-electron chi connectivity index (χ0n) is 19.9.